The van der Waals surface area contributed by atoms with Crippen molar-refractivity contribution in [1.29, 1.82) is 0 Å². The number of fused-ring (bicyclic) bond motifs is 1. The molecular weight excluding hydrogens is 414 g/mol. The van der Waals surface area contributed by atoms with Crippen molar-refractivity contribution in [3.63, 3.8) is 0 Å². The lowest BCUT2D eigenvalue weighted by molar-refractivity contribution is -0.125. The second kappa shape index (κ2) is 9.47. The molecule has 4 rings (SSSR count). The summed E-state index contributed by atoms with van der Waals surface area (Å²) >= 11 is 1.39. The Morgan fingerprint density at radius 3 is 2.90 bits per heavy atom. The minimum atomic E-state index is -0.175. The van der Waals surface area contributed by atoms with Crippen LogP contribution in [0.3, 0.4) is 0 Å². The summed E-state index contributed by atoms with van der Waals surface area (Å²) in [6.07, 6.45) is 2.54. The molecule has 1 aliphatic heterocycles. The Hall–Kier alpha value is -2.94. The molecule has 0 unspecified atom stereocenters. The second-order valence-electron chi connectivity index (χ2n) is 7.72. The van der Waals surface area contributed by atoms with Crippen LogP contribution in [-0.2, 0) is 11.2 Å². The van der Waals surface area contributed by atoms with E-state index in [4.69, 9.17) is 4.74 Å². The molecule has 3 heterocycles. The lowest BCUT2D eigenvalue weighted by Crippen LogP contribution is -2.43. The van der Waals surface area contributed by atoms with Crippen molar-refractivity contribution in [2.24, 2.45) is 5.92 Å². The number of aryl methyl sites for hydroxylation is 1. The fourth-order valence-electron chi connectivity index (χ4n) is 3.80. The van der Waals surface area contributed by atoms with Crippen LogP contribution >= 0.6 is 11.3 Å². The largest absolute Gasteiger partial charge is 0.494 e. The number of hydrogen-bond donors (Lipinski definition) is 1. The third kappa shape index (κ3) is 5.04. The molecule has 0 aliphatic carbocycles. The molecule has 1 fully saturated rings. The first-order valence-electron chi connectivity index (χ1n) is 10.7. The van der Waals surface area contributed by atoms with Gasteiger partial charge in [0.15, 0.2) is 0 Å². The molecule has 1 saturated heterocycles. The van der Waals surface area contributed by atoms with E-state index in [2.05, 4.69) is 20.3 Å². The van der Waals surface area contributed by atoms with E-state index in [1.165, 1.54) is 21.9 Å². The van der Waals surface area contributed by atoms with Crippen LogP contribution in [0, 0.1) is 12.8 Å². The fraction of sp³-hybridized carbons (Fsp3) is 0.455. The highest BCUT2D eigenvalue weighted by Crippen LogP contribution is 2.27. The lowest BCUT2D eigenvalue weighted by Gasteiger charge is -2.31. The number of anilines is 1. The average molecular weight is 442 g/mol. The van der Waals surface area contributed by atoms with Crippen LogP contribution < -0.4 is 20.5 Å². The molecule has 0 bridgehead atoms. The van der Waals surface area contributed by atoms with E-state index in [9.17, 15) is 9.59 Å². The van der Waals surface area contributed by atoms with Crippen LogP contribution in [0.25, 0.3) is 4.96 Å². The van der Waals surface area contributed by atoms with Crippen LogP contribution in [0.15, 0.2) is 35.1 Å². The molecule has 2 aromatic heterocycles. The maximum absolute atomic E-state index is 12.7. The van der Waals surface area contributed by atoms with Gasteiger partial charge in [0.2, 0.25) is 16.0 Å². The van der Waals surface area contributed by atoms with Gasteiger partial charge in [-0.15, -0.1) is 5.10 Å². The summed E-state index contributed by atoms with van der Waals surface area (Å²) in [6, 6.07) is 9.46. The zero-order valence-electron chi connectivity index (χ0n) is 17.8. The highest BCUT2D eigenvalue weighted by atomic mass is 32.1. The van der Waals surface area contributed by atoms with E-state index >= 15 is 0 Å². The Labute approximate surface area is 184 Å². The molecule has 8 nitrogen and oxygen atoms in total. The van der Waals surface area contributed by atoms with E-state index in [1.807, 2.05) is 31.2 Å². The van der Waals surface area contributed by atoms with Gasteiger partial charge in [0.05, 0.1) is 12.5 Å². The molecular formula is C22H27N5O3S. The van der Waals surface area contributed by atoms with Gasteiger partial charge in [-0.3, -0.25) is 9.59 Å². The smallest absolute Gasteiger partial charge is 0.275 e. The van der Waals surface area contributed by atoms with E-state index in [0.717, 1.165) is 42.3 Å². The average Bonchev–Trinajstić information content (AvgIpc) is 3.20. The van der Waals surface area contributed by atoms with Gasteiger partial charge in [-0.2, -0.15) is 4.52 Å². The maximum atomic E-state index is 12.7. The van der Waals surface area contributed by atoms with Gasteiger partial charge in [-0.05, 0) is 50.8 Å². The summed E-state index contributed by atoms with van der Waals surface area (Å²) in [4.78, 5) is 31.9. The Morgan fingerprint density at radius 1 is 1.32 bits per heavy atom. The van der Waals surface area contributed by atoms with Crippen LogP contribution in [0.1, 0.15) is 31.0 Å². The quantitative estimate of drug-likeness (QED) is 0.606. The predicted octanol–water partition coefficient (Wildman–Crippen LogP) is 2.43. The summed E-state index contributed by atoms with van der Waals surface area (Å²) in [5.74, 6) is 0.843. The fourth-order valence-corrected chi connectivity index (χ4v) is 4.78. The maximum Gasteiger partial charge on any atom is 0.275 e. The first kappa shape index (κ1) is 21.3. The monoisotopic (exact) mass is 441 g/mol. The highest BCUT2D eigenvalue weighted by Gasteiger charge is 2.27. The zero-order chi connectivity index (χ0) is 21.8. The van der Waals surface area contributed by atoms with E-state index < -0.39 is 0 Å². The number of ether oxygens (including phenoxy) is 1. The molecule has 0 spiro atoms. The molecule has 0 radical (unpaired) electrons. The Kier molecular flexibility index (Phi) is 6.50. The van der Waals surface area contributed by atoms with Gasteiger partial charge in [0.1, 0.15) is 5.75 Å². The molecule has 164 valence electrons. The molecule has 0 saturated carbocycles. The number of piperidine rings is 1. The van der Waals surface area contributed by atoms with Gasteiger partial charge in [-0.1, -0.05) is 23.5 Å². The Bertz CT molecular complexity index is 1110. The standard InChI is InChI=1S/C22H27N5O3S/c1-3-30-18-8-6-16(7-9-18)10-11-23-20(29)17-5-4-12-26(14-17)22-25-27-19(28)13-15(2)24-21(27)31-22/h6-9,13,17H,3-5,10-12,14H2,1-2H3,(H,23,29)/t17-/m0/s1. The van der Waals surface area contributed by atoms with Gasteiger partial charge in [0.25, 0.3) is 5.56 Å². The molecule has 1 amide bonds. The van der Waals surface area contributed by atoms with Crippen LogP contribution in [0.4, 0.5) is 5.13 Å². The summed E-state index contributed by atoms with van der Waals surface area (Å²) in [6.45, 7) is 6.44. The van der Waals surface area contributed by atoms with E-state index in [1.54, 1.807) is 6.92 Å². The molecule has 3 aromatic rings. The second-order valence-corrected chi connectivity index (χ2v) is 8.65. The minimum Gasteiger partial charge on any atom is -0.494 e. The van der Waals surface area contributed by atoms with Gasteiger partial charge in [0, 0.05) is 31.4 Å². The van der Waals surface area contributed by atoms with E-state index in [0.29, 0.717) is 30.4 Å². The highest BCUT2D eigenvalue weighted by molar-refractivity contribution is 7.20. The number of hydrogen-bond acceptors (Lipinski definition) is 7. The zero-order valence-corrected chi connectivity index (χ0v) is 18.7. The van der Waals surface area contributed by atoms with Crippen molar-refractivity contribution < 1.29 is 9.53 Å². The third-order valence-corrected chi connectivity index (χ3v) is 6.34. The molecule has 1 atom stereocenters. The molecule has 1 aliphatic rings. The number of carbonyl (C=O) groups excluding carboxylic acids is 1. The van der Waals surface area contributed by atoms with Crippen molar-refractivity contribution in [3.8, 4) is 5.75 Å². The first-order chi connectivity index (χ1) is 15.0. The molecule has 31 heavy (non-hydrogen) atoms. The van der Waals surface area contributed by atoms with Crippen LogP contribution in [0.5, 0.6) is 5.75 Å². The summed E-state index contributed by atoms with van der Waals surface area (Å²) in [5.41, 5.74) is 1.67. The predicted molar refractivity (Wildman–Crippen MR) is 121 cm³/mol. The van der Waals surface area contributed by atoms with Gasteiger partial charge >= 0.3 is 0 Å². The number of aromatic nitrogens is 3. The Morgan fingerprint density at radius 2 is 2.13 bits per heavy atom. The van der Waals surface area contributed by atoms with Crippen molar-refractivity contribution in [2.75, 3.05) is 31.1 Å². The number of rotatable bonds is 7. The van der Waals surface area contributed by atoms with Crippen molar-refractivity contribution in [2.45, 2.75) is 33.1 Å². The topological polar surface area (TPSA) is 88.8 Å². The van der Waals surface area contributed by atoms with Crippen molar-refractivity contribution >= 4 is 27.3 Å². The van der Waals surface area contributed by atoms with E-state index in [-0.39, 0.29) is 17.4 Å². The summed E-state index contributed by atoms with van der Waals surface area (Å²) in [5, 5.41) is 8.25. The molecule has 1 aromatic carbocycles. The first-order valence-corrected chi connectivity index (χ1v) is 11.5. The van der Waals surface area contributed by atoms with Crippen LogP contribution in [0.2, 0.25) is 0 Å². The lowest BCUT2D eigenvalue weighted by atomic mass is 9.97. The number of nitrogens with zero attached hydrogens (tertiary/aromatic N) is 4. The van der Waals surface area contributed by atoms with Crippen molar-refractivity contribution in [1.82, 2.24) is 19.9 Å². The Balaban J connectivity index is 1.33. The number of nitrogens with one attached hydrogen (secondary N) is 1. The summed E-state index contributed by atoms with van der Waals surface area (Å²) < 4.78 is 6.80. The molecule has 1 N–H and O–H groups in total. The van der Waals surface area contributed by atoms with Crippen LogP contribution in [-0.4, -0.2) is 46.7 Å². The SMILES string of the molecule is CCOc1ccc(CCNC(=O)[C@H]2CCCN(c3nn4c(=O)cc(C)nc4s3)C2)cc1. The van der Waals surface area contributed by atoms with Gasteiger partial charge in [-0.25, -0.2) is 4.98 Å². The summed E-state index contributed by atoms with van der Waals surface area (Å²) in [7, 11) is 0. The molecule has 9 heteroatoms. The van der Waals surface area contributed by atoms with Gasteiger partial charge < -0.3 is 15.0 Å². The van der Waals surface area contributed by atoms with Crippen molar-refractivity contribution in [3.05, 3.63) is 51.9 Å². The minimum absolute atomic E-state index is 0.0721. The number of carbonyl (C=O) groups is 1. The third-order valence-electron chi connectivity index (χ3n) is 5.37. The normalized spacial score (nSPS) is 16.5. The number of benzene rings is 1. The number of amides is 1.